The number of carbonyl (C=O) groups excluding carboxylic acids is 1. The van der Waals surface area contributed by atoms with Crippen LogP contribution in [0.15, 0.2) is 29.2 Å². The van der Waals surface area contributed by atoms with Crippen molar-refractivity contribution < 1.29 is 22.4 Å². The summed E-state index contributed by atoms with van der Waals surface area (Å²) in [6.45, 7) is 16.4. The van der Waals surface area contributed by atoms with E-state index in [-0.39, 0.29) is 16.9 Å². The summed E-state index contributed by atoms with van der Waals surface area (Å²) in [6, 6.07) is 5.29. The van der Waals surface area contributed by atoms with Crippen LogP contribution in [0.3, 0.4) is 0 Å². The Morgan fingerprint density at radius 1 is 0.944 bits per heavy atom. The van der Waals surface area contributed by atoms with Crippen LogP contribution in [0.5, 0.6) is 6.01 Å². The van der Waals surface area contributed by atoms with Gasteiger partial charge in [-0.3, -0.25) is 5.32 Å². The van der Waals surface area contributed by atoms with Crippen molar-refractivity contribution in [2.75, 3.05) is 38.6 Å². The largest absolute Gasteiger partial charge is 0.467 e. The fourth-order valence-electron chi connectivity index (χ4n) is 4.14. The summed E-state index contributed by atoms with van der Waals surface area (Å²) in [7, 11) is -2.65. The molecule has 36 heavy (non-hydrogen) atoms. The number of carbonyl (C=O) groups is 1. The number of hydrogen-bond donors (Lipinski definition) is 2. The van der Waals surface area contributed by atoms with E-state index in [4.69, 9.17) is 4.74 Å². The van der Waals surface area contributed by atoms with E-state index in [9.17, 15) is 13.2 Å². The summed E-state index contributed by atoms with van der Waals surface area (Å²) in [6.07, 6.45) is 5.33. The molecule has 0 saturated carbocycles. The van der Waals surface area contributed by atoms with E-state index in [1.165, 1.54) is 69.5 Å². The molecule has 1 aromatic carbocycles. The van der Waals surface area contributed by atoms with Crippen LogP contribution in [-0.2, 0) is 10.0 Å². The molecule has 2 N–H and O–H groups in total. The first-order valence-corrected chi connectivity index (χ1v) is 14.8. The topological polar surface area (TPSA) is 123 Å². The first-order valence-electron chi connectivity index (χ1n) is 12.3. The van der Waals surface area contributed by atoms with Gasteiger partial charge >= 0.3 is 12.0 Å². The third kappa shape index (κ3) is 10.5. The number of amides is 2. The van der Waals surface area contributed by atoms with Crippen LogP contribution in [0.1, 0.15) is 59.2 Å². The van der Waals surface area contributed by atoms with Gasteiger partial charge in [0, 0.05) is 3.57 Å². The Kier molecular flexibility index (Phi) is 14.1. The van der Waals surface area contributed by atoms with E-state index in [1.807, 2.05) is 27.3 Å². The molecule has 0 atom stereocenters. The lowest BCUT2D eigenvalue weighted by Crippen LogP contribution is -2.50. The fraction of sp³-hybridized carbons (Fsp3) is 0.583. The second-order valence-corrected chi connectivity index (χ2v) is 11.2. The molecule has 1 aromatic heterocycles. The zero-order valence-electron chi connectivity index (χ0n) is 22.2. The molecular formula is C24H40IN6O4S+. The van der Waals surface area contributed by atoms with Crippen molar-refractivity contribution in [2.45, 2.75) is 65.2 Å². The van der Waals surface area contributed by atoms with Gasteiger partial charge in [-0.25, -0.2) is 17.9 Å². The number of anilines is 1. The van der Waals surface area contributed by atoms with Gasteiger partial charge in [0.25, 0.3) is 10.0 Å². The van der Waals surface area contributed by atoms with Crippen LogP contribution in [0.4, 0.5) is 10.7 Å². The number of urea groups is 1. The first kappa shape index (κ1) is 32.0. The highest BCUT2D eigenvalue weighted by Crippen LogP contribution is 2.17. The molecule has 1 heterocycles. The minimum Gasteiger partial charge on any atom is -0.467 e. The Morgan fingerprint density at radius 2 is 1.47 bits per heavy atom. The number of methoxy groups -OCH3 is 1. The van der Waals surface area contributed by atoms with Gasteiger partial charge in [-0.15, -0.1) is 0 Å². The van der Waals surface area contributed by atoms with E-state index in [0.717, 1.165) is 0 Å². The van der Waals surface area contributed by atoms with Gasteiger partial charge in [-0.2, -0.15) is 15.0 Å². The van der Waals surface area contributed by atoms with E-state index in [1.54, 1.807) is 25.1 Å². The quantitative estimate of drug-likeness (QED) is 0.255. The molecule has 10 nitrogen and oxygen atoms in total. The average molecular weight is 636 g/mol. The van der Waals surface area contributed by atoms with Gasteiger partial charge in [0.2, 0.25) is 5.95 Å². The number of benzene rings is 1. The van der Waals surface area contributed by atoms with Crippen LogP contribution in [0.25, 0.3) is 0 Å². The van der Waals surface area contributed by atoms with Gasteiger partial charge in [0.1, 0.15) is 10.7 Å². The zero-order chi connectivity index (χ0) is 27.2. The molecular weight excluding hydrogens is 595 g/mol. The fourth-order valence-corrected chi connectivity index (χ4v) is 6.38. The lowest BCUT2D eigenvalue weighted by molar-refractivity contribution is -0.928. The summed E-state index contributed by atoms with van der Waals surface area (Å²) in [4.78, 5) is 23.4. The smallest absolute Gasteiger partial charge is 0.335 e. The molecule has 0 aliphatic heterocycles. The summed E-state index contributed by atoms with van der Waals surface area (Å²) >= 11 is 1.87. The first-order chi connectivity index (χ1) is 17.1. The Labute approximate surface area is 229 Å². The highest BCUT2D eigenvalue weighted by atomic mass is 127. The molecule has 0 spiro atoms. The molecule has 0 aliphatic carbocycles. The van der Waals surface area contributed by atoms with Crippen molar-refractivity contribution in [2.24, 2.45) is 0 Å². The van der Waals surface area contributed by atoms with Crippen LogP contribution >= 0.6 is 22.6 Å². The number of quaternary nitrogens is 1. The summed E-state index contributed by atoms with van der Waals surface area (Å²) in [5.41, 5.74) is 0. The number of sulfonamides is 1. The lowest BCUT2D eigenvalue weighted by Gasteiger charge is -2.38. The average Bonchev–Trinajstić information content (AvgIpc) is 2.79. The molecule has 12 heteroatoms. The molecule has 2 aromatic rings. The molecule has 202 valence electrons. The molecule has 0 aliphatic rings. The third-order valence-corrected chi connectivity index (χ3v) is 7.98. The normalized spacial score (nSPS) is 11.3. The monoisotopic (exact) mass is 635 g/mol. The molecule has 2 amide bonds. The van der Waals surface area contributed by atoms with Crippen LogP contribution in [0, 0.1) is 10.5 Å². The van der Waals surface area contributed by atoms with Crippen molar-refractivity contribution in [3.8, 4) is 6.01 Å². The maximum Gasteiger partial charge on any atom is 0.335 e. The number of nitrogens with zero attached hydrogens (tertiary/aromatic N) is 4. The summed E-state index contributed by atoms with van der Waals surface area (Å²) in [5, 5.41) is 2.23. The highest BCUT2D eigenvalue weighted by molar-refractivity contribution is 14.1. The van der Waals surface area contributed by atoms with Crippen molar-refractivity contribution in [1.29, 1.82) is 0 Å². The van der Waals surface area contributed by atoms with E-state index in [0.29, 0.717) is 9.39 Å². The second-order valence-electron chi connectivity index (χ2n) is 8.42. The number of nitrogens with one attached hydrogen (secondary N) is 2. The highest BCUT2D eigenvalue weighted by Gasteiger charge is 2.23. The maximum absolute atomic E-state index is 12.2. The number of hydrogen-bond acceptors (Lipinski definition) is 7. The SMILES string of the molecule is CCC[N+](CCC)(CCC)CCC.COc1nc(C)nc(NC(=O)NS(=O)(=O)c2ccccc2I)n1. The standard InChI is InChI=1S/C12H12IN5O4S.C12H28N/c1-7-14-10(17-12(15-7)22-2)16-11(19)18-23(20,21)9-6-4-3-5-8(9)13;1-5-9-13(10-6-2,11-7-3)12-8-4/h3-6H,1-2H3,(H2,14,15,16,17,18,19);5-12H2,1-4H3/q;+1. The summed E-state index contributed by atoms with van der Waals surface area (Å²) in [5.74, 6) is 0.192. The van der Waals surface area contributed by atoms with Gasteiger partial charge in [0.15, 0.2) is 0 Å². The minimum atomic E-state index is -4.01. The van der Waals surface area contributed by atoms with Gasteiger partial charge in [-0.05, 0) is 67.3 Å². The number of aromatic nitrogens is 3. The lowest BCUT2D eigenvalue weighted by atomic mass is 10.2. The van der Waals surface area contributed by atoms with Gasteiger partial charge in [-0.1, -0.05) is 39.8 Å². The Bertz CT molecular complexity index is 1040. The van der Waals surface area contributed by atoms with Crippen LogP contribution in [-0.4, -0.2) is 67.2 Å². The molecule has 0 fully saturated rings. The van der Waals surface area contributed by atoms with Crippen LogP contribution < -0.4 is 14.8 Å². The molecule has 2 rings (SSSR count). The summed E-state index contributed by atoms with van der Waals surface area (Å²) < 4.78 is 33.0. The van der Waals surface area contributed by atoms with Crippen molar-refractivity contribution in [1.82, 2.24) is 19.7 Å². The minimum absolute atomic E-state index is 0.000146. The predicted molar refractivity (Wildman–Crippen MR) is 151 cm³/mol. The maximum atomic E-state index is 12.2. The van der Waals surface area contributed by atoms with E-state index in [2.05, 4.69) is 48.0 Å². The Balaban J connectivity index is 0.000000426. The Hall–Kier alpha value is -2.06. The number of rotatable bonds is 12. The molecule has 0 saturated heterocycles. The van der Waals surface area contributed by atoms with E-state index < -0.39 is 16.1 Å². The van der Waals surface area contributed by atoms with Gasteiger partial charge in [0.05, 0.1) is 33.3 Å². The zero-order valence-corrected chi connectivity index (χ0v) is 25.1. The number of aryl methyl sites for hydroxylation is 1. The third-order valence-electron chi connectivity index (χ3n) is 5.28. The Morgan fingerprint density at radius 3 is 1.94 bits per heavy atom. The van der Waals surface area contributed by atoms with Gasteiger partial charge < -0.3 is 9.22 Å². The molecule has 0 unspecified atom stereocenters. The second kappa shape index (κ2) is 15.9. The van der Waals surface area contributed by atoms with Crippen molar-refractivity contribution >= 4 is 44.6 Å². The van der Waals surface area contributed by atoms with Crippen LogP contribution in [0.2, 0.25) is 0 Å². The number of halogens is 1. The number of ether oxygens (including phenoxy) is 1. The van der Waals surface area contributed by atoms with Crippen molar-refractivity contribution in [3.05, 3.63) is 33.7 Å². The molecule has 0 radical (unpaired) electrons. The molecule has 0 bridgehead atoms. The predicted octanol–water partition coefficient (Wildman–Crippen LogP) is 4.75. The van der Waals surface area contributed by atoms with Crippen molar-refractivity contribution in [3.63, 3.8) is 0 Å². The van der Waals surface area contributed by atoms with E-state index >= 15 is 0 Å².